The third kappa shape index (κ3) is 9.88. The average Bonchev–Trinajstić information content (AvgIpc) is 2.02. The van der Waals surface area contributed by atoms with E-state index in [1.807, 2.05) is 0 Å². The fraction of sp³-hybridized carbons (Fsp3) is 1.00. The van der Waals surface area contributed by atoms with Gasteiger partial charge in [-0.2, -0.15) is 0 Å². The Morgan fingerprint density at radius 2 is 1.14 bits per heavy atom. The van der Waals surface area contributed by atoms with Crippen LogP contribution in [-0.2, 0) is 0 Å². The number of rotatable bonds is 8. The van der Waals surface area contributed by atoms with Gasteiger partial charge in [0.1, 0.15) is 0 Å². The van der Waals surface area contributed by atoms with Crippen LogP contribution < -0.4 is 10.6 Å². The topological polar surface area (TPSA) is 84.8 Å². The van der Waals surface area contributed by atoms with Crippen LogP contribution in [-0.4, -0.2) is 59.8 Å². The van der Waals surface area contributed by atoms with Crippen molar-refractivity contribution >= 4 is 0 Å². The fourth-order valence-electron chi connectivity index (χ4n) is 0.990. The Morgan fingerprint density at radius 3 is 1.43 bits per heavy atom. The van der Waals surface area contributed by atoms with Gasteiger partial charge in [0.2, 0.25) is 0 Å². The minimum absolute atomic E-state index is 0.396. The standard InChI is InChI=1S/C9H22N2O3/c1-7(12)3-10-5-9(14)6-11-4-8(2)13/h7-14H,3-6H2,1-2H3. The second-order valence-corrected chi connectivity index (χ2v) is 3.67. The summed E-state index contributed by atoms with van der Waals surface area (Å²) in [5.74, 6) is 0. The summed E-state index contributed by atoms with van der Waals surface area (Å²) in [4.78, 5) is 0. The molecule has 0 aromatic heterocycles. The maximum atomic E-state index is 9.39. The molecule has 0 fully saturated rings. The Balaban J connectivity index is 3.23. The molecule has 2 unspecified atom stereocenters. The maximum absolute atomic E-state index is 9.39. The van der Waals surface area contributed by atoms with Crippen LogP contribution in [0.4, 0.5) is 0 Å². The van der Waals surface area contributed by atoms with Crippen molar-refractivity contribution in [3.63, 3.8) is 0 Å². The van der Waals surface area contributed by atoms with Crippen LogP contribution in [0.2, 0.25) is 0 Å². The third-order valence-corrected chi connectivity index (χ3v) is 1.64. The lowest BCUT2D eigenvalue weighted by Gasteiger charge is -2.14. The van der Waals surface area contributed by atoms with E-state index in [1.165, 1.54) is 0 Å². The average molecular weight is 206 g/mol. The highest BCUT2D eigenvalue weighted by Gasteiger charge is 2.04. The van der Waals surface area contributed by atoms with Crippen LogP contribution in [0.5, 0.6) is 0 Å². The molecule has 0 aliphatic rings. The normalized spacial score (nSPS) is 17.8. The SMILES string of the molecule is CC(O)CNCC(O)CNCC(C)O. The smallest absolute Gasteiger partial charge is 0.0788 e. The lowest BCUT2D eigenvalue weighted by Crippen LogP contribution is -2.39. The summed E-state index contributed by atoms with van der Waals surface area (Å²) in [6.07, 6.45) is -1.28. The largest absolute Gasteiger partial charge is 0.392 e. The summed E-state index contributed by atoms with van der Waals surface area (Å²) in [5, 5.41) is 33.1. The summed E-state index contributed by atoms with van der Waals surface area (Å²) in [5.41, 5.74) is 0. The van der Waals surface area contributed by atoms with Crippen molar-refractivity contribution in [1.82, 2.24) is 10.6 Å². The van der Waals surface area contributed by atoms with Gasteiger partial charge in [0.25, 0.3) is 0 Å². The van der Waals surface area contributed by atoms with Gasteiger partial charge in [-0.15, -0.1) is 0 Å². The molecular weight excluding hydrogens is 184 g/mol. The zero-order chi connectivity index (χ0) is 11.0. The molecule has 0 rings (SSSR count). The zero-order valence-corrected chi connectivity index (χ0v) is 8.90. The highest BCUT2D eigenvalue weighted by Crippen LogP contribution is 1.81. The first kappa shape index (κ1) is 13.8. The summed E-state index contributed by atoms with van der Waals surface area (Å²) in [6, 6.07) is 0. The second-order valence-electron chi connectivity index (χ2n) is 3.67. The molecule has 0 saturated carbocycles. The molecule has 0 aromatic carbocycles. The monoisotopic (exact) mass is 206 g/mol. The molecule has 14 heavy (non-hydrogen) atoms. The van der Waals surface area contributed by atoms with E-state index < -0.39 is 18.3 Å². The van der Waals surface area contributed by atoms with Crippen LogP contribution in [0.1, 0.15) is 13.8 Å². The van der Waals surface area contributed by atoms with Gasteiger partial charge in [0.15, 0.2) is 0 Å². The minimum atomic E-state index is -0.493. The van der Waals surface area contributed by atoms with E-state index in [4.69, 9.17) is 10.2 Å². The van der Waals surface area contributed by atoms with Gasteiger partial charge in [-0.3, -0.25) is 0 Å². The predicted octanol–water partition coefficient (Wildman–Crippen LogP) is -1.71. The molecule has 0 heterocycles. The van der Waals surface area contributed by atoms with Crippen molar-refractivity contribution < 1.29 is 15.3 Å². The summed E-state index contributed by atoms with van der Waals surface area (Å²) in [6.45, 7) is 5.21. The van der Waals surface area contributed by atoms with Crippen LogP contribution in [0.25, 0.3) is 0 Å². The van der Waals surface area contributed by atoms with Gasteiger partial charge in [-0.05, 0) is 13.8 Å². The lowest BCUT2D eigenvalue weighted by molar-refractivity contribution is 0.142. The Hall–Kier alpha value is -0.200. The van der Waals surface area contributed by atoms with Gasteiger partial charge in [0.05, 0.1) is 18.3 Å². The second kappa shape index (κ2) is 8.14. The Kier molecular flexibility index (Phi) is 8.02. The fourth-order valence-corrected chi connectivity index (χ4v) is 0.990. The van der Waals surface area contributed by atoms with Gasteiger partial charge in [-0.1, -0.05) is 0 Å². The maximum Gasteiger partial charge on any atom is 0.0788 e. The number of hydrogen-bond donors (Lipinski definition) is 5. The van der Waals surface area contributed by atoms with Crippen molar-refractivity contribution in [2.75, 3.05) is 26.2 Å². The molecule has 5 N–H and O–H groups in total. The first-order chi connectivity index (χ1) is 6.52. The zero-order valence-electron chi connectivity index (χ0n) is 8.90. The predicted molar refractivity (Wildman–Crippen MR) is 55.1 cm³/mol. The van der Waals surface area contributed by atoms with Crippen LogP contribution in [0.15, 0.2) is 0 Å². The van der Waals surface area contributed by atoms with Crippen LogP contribution >= 0.6 is 0 Å². The first-order valence-corrected chi connectivity index (χ1v) is 4.98. The molecular formula is C9H22N2O3. The highest BCUT2D eigenvalue weighted by atomic mass is 16.3. The lowest BCUT2D eigenvalue weighted by atomic mass is 10.3. The van der Waals surface area contributed by atoms with Crippen LogP contribution in [0, 0.1) is 0 Å². The van der Waals surface area contributed by atoms with Crippen molar-refractivity contribution in [3.05, 3.63) is 0 Å². The van der Waals surface area contributed by atoms with E-state index in [-0.39, 0.29) is 0 Å². The highest BCUT2D eigenvalue weighted by molar-refractivity contribution is 4.65. The molecule has 0 aliphatic heterocycles. The van der Waals surface area contributed by atoms with Crippen molar-refractivity contribution in [1.29, 1.82) is 0 Å². The van der Waals surface area contributed by atoms with Crippen molar-refractivity contribution in [3.8, 4) is 0 Å². The molecule has 0 aliphatic carbocycles. The third-order valence-electron chi connectivity index (χ3n) is 1.64. The molecule has 0 amide bonds. The van der Waals surface area contributed by atoms with E-state index in [0.717, 1.165) is 0 Å². The Morgan fingerprint density at radius 1 is 0.786 bits per heavy atom. The number of aliphatic hydroxyl groups excluding tert-OH is 3. The van der Waals surface area contributed by atoms with E-state index in [0.29, 0.717) is 26.2 Å². The quantitative estimate of drug-likeness (QED) is 0.326. The van der Waals surface area contributed by atoms with Crippen molar-refractivity contribution in [2.45, 2.75) is 32.2 Å². The summed E-state index contributed by atoms with van der Waals surface area (Å²) < 4.78 is 0. The van der Waals surface area contributed by atoms with Gasteiger partial charge < -0.3 is 26.0 Å². The first-order valence-electron chi connectivity index (χ1n) is 4.98. The molecule has 0 saturated heterocycles. The Bertz CT molecular complexity index is 117. The van der Waals surface area contributed by atoms with Gasteiger partial charge >= 0.3 is 0 Å². The molecule has 0 spiro atoms. The van der Waals surface area contributed by atoms with E-state index in [9.17, 15) is 5.11 Å². The number of hydrogen-bond acceptors (Lipinski definition) is 5. The van der Waals surface area contributed by atoms with Gasteiger partial charge in [-0.25, -0.2) is 0 Å². The Labute approximate surface area is 85.1 Å². The number of aliphatic hydroxyl groups is 3. The molecule has 2 atom stereocenters. The summed E-state index contributed by atoms with van der Waals surface area (Å²) in [7, 11) is 0. The van der Waals surface area contributed by atoms with E-state index in [1.54, 1.807) is 13.8 Å². The molecule has 5 nitrogen and oxygen atoms in total. The number of nitrogens with one attached hydrogen (secondary N) is 2. The molecule has 0 bridgehead atoms. The molecule has 5 heteroatoms. The minimum Gasteiger partial charge on any atom is -0.392 e. The van der Waals surface area contributed by atoms with E-state index >= 15 is 0 Å². The molecule has 86 valence electrons. The van der Waals surface area contributed by atoms with E-state index in [2.05, 4.69) is 10.6 Å². The molecule has 0 radical (unpaired) electrons. The van der Waals surface area contributed by atoms with Crippen LogP contribution in [0.3, 0.4) is 0 Å². The van der Waals surface area contributed by atoms with Gasteiger partial charge in [0, 0.05) is 26.2 Å². The summed E-state index contributed by atoms with van der Waals surface area (Å²) >= 11 is 0. The molecule has 0 aromatic rings. The van der Waals surface area contributed by atoms with Crippen molar-refractivity contribution in [2.24, 2.45) is 0 Å².